The van der Waals surface area contributed by atoms with Crippen LogP contribution in [-0.4, -0.2) is 66.9 Å². The molecule has 24 heavy (non-hydrogen) atoms. The van der Waals surface area contributed by atoms with E-state index in [9.17, 15) is 9.50 Å². The molecule has 5 heteroatoms. The molecule has 2 heterocycles. The van der Waals surface area contributed by atoms with Crippen molar-refractivity contribution in [2.75, 3.05) is 45.9 Å². The number of hydrogen-bond acceptors (Lipinski definition) is 4. The van der Waals surface area contributed by atoms with Gasteiger partial charge in [-0.15, -0.1) is 0 Å². The van der Waals surface area contributed by atoms with Crippen LogP contribution in [0.2, 0.25) is 0 Å². The van der Waals surface area contributed by atoms with Gasteiger partial charge in [0.1, 0.15) is 5.82 Å². The topological polar surface area (TPSA) is 35.9 Å². The third kappa shape index (κ3) is 4.54. The lowest BCUT2D eigenvalue weighted by molar-refractivity contribution is 0.0114. The summed E-state index contributed by atoms with van der Waals surface area (Å²) in [5, 5.41) is 10.6. The molecule has 0 bridgehead atoms. The second-order valence-electron chi connectivity index (χ2n) is 7.13. The summed E-state index contributed by atoms with van der Waals surface area (Å²) in [5.74, 6) is 0.0139. The summed E-state index contributed by atoms with van der Waals surface area (Å²) in [6, 6.07) is 6.80. The molecule has 4 nitrogen and oxygen atoms in total. The number of benzene rings is 1. The molecule has 1 aromatic rings. The van der Waals surface area contributed by atoms with Gasteiger partial charge in [0.05, 0.1) is 19.3 Å². The van der Waals surface area contributed by atoms with Crippen molar-refractivity contribution >= 4 is 0 Å². The van der Waals surface area contributed by atoms with E-state index in [-0.39, 0.29) is 11.7 Å². The zero-order chi connectivity index (χ0) is 16.9. The van der Waals surface area contributed by atoms with Crippen LogP contribution in [0.1, 0.15) is 31.4 Å². The lowest BCUT2D eigenvalue weighted by atomic mass is 9.87. The second kappa shape index (κ2) is 8.39. The van der Waals surface area contributed by atoms with Crippen molar-refractivity contribution in [1.29, 1.82) is 0 Å². The highest BCUT2D eigenvalue weighted by Gasteiger charge is 2.29. The van der Waals surface area contributed by atoms with Gasteiger partial charge in [-0.3, -0.25) is 9.80 Å². The molecule has 2 unspecified atom stereocenters. The van der Waals surface area contributed by atoms with Crippen LogP contribution in [0.25, 0.3) is 0 Å². The normalized spacial score (nSPS) is 24.0. The van der Waals surface area contributed by atoms with Crippen molar-refractivity contribution in [1.82, 2.24) is 9.80 Å². The first-order valence-corrected chi connectivity index (χ1v) is 9.11. The quantitative estimate of drug-likeness (QED) is 0.895. The van der Waals surface area contributed by atoms with E-state index in [2.05, 4.69) is 16.7 Å². The van der Waals surface area contributed by atoms with Crippen LogP contribution < -0.4 is 0 Å². The number of hydrogen-bond donors (Lipinski definition) is 1. The average molecular weight is 336 g/mol. The highest BCUT2D eigenvalue weighted by Crippen LogP contribution is 2.31. The number of piperidine rings is 1. The monoisotopic (exact) mass is 336 g/mol. The van der Waals surface area contributed by atoms with Crippen molar-refractivity contribution in [3.8, 4) is 0 Å². The molecule has 0 aliphatic carbocycles. The molecule has 0 radical (unpaired) electrons. The molecule has 2 saturated heterocycles. The minimum Gasteiger partial charge on any atom is -0.388 e. The highest BCUT2D eigenvalue weighted by molar-refractivity contribution is 5.19. The summed E-state index contributed by atoms with van der Waals surface area (Å²) in [4.78, 5) is 5.01. The van der Waals surface area contributed by atoms with E-state index in [0.717, 1.165) is 64.3 Å². The van der Waals surface area contributed by atoms with E-state index >= 15 is 0 Å². The molecule has 2 aliphatic heterocycles. The van der Waals surface area contributed by atoms with Gasteiger partial charge in [0.25, 0.3) is 0 Å². The third-order valence-corrected chi connectivity index (χ3v) is 5.48. The lowest BCUT2D eigenvalue weighted by Crippen LogP contribution is -2.48. The van der Waals surface area contributed by atoms with Gasteiger partial charge in [0, 0.05) is 25.7 Å². The number of aliphatic hydroxyl groups is 1. The van der Waals surface area contributed by atoms with Gasteiger partial charge in [-0.25, -0.2) is 4.39 Å². The number of likely N-dealkylation sites (tertiary alicyclic amines) is 1. The van der Waals surface area contributed by atoms with Gasteiger partial charge < -0.3 is 9.84 Å². The van der Waals surface area contributed by atoms with Crippen LogP contribution in [0.15, 0.2) is 24.3 Å². The van der Waals surface area contributed by atoms with Crippen LogP contribution in [-0.2, 0) is 4.74 Å². The fourth-order valence-electron chi connectivity index (χ4n) is 3.88. The van der Waals surface area contributed by atoms with Crippen molar-refractivity contribution in [2.24, 2.45) is 5.92 Å². The van der Waals surface area contributed by atoms with E-state index in [1.165, 1.54) is 12.1 Å². The first-order valence-electron chi connectivity index (χ1n) is 9.11. The Kier molecular flexibility index (Phi) is 6.22. The first-order chi connectivity index (χ1) is 11.6. The first kappa shape index (κ1) is 17.8. The Balaban J connectivity index is 1.47. The van der Waals surface area contributed by atoms with Crippen molar-refractivity contribution in [3.63, 3.8) is 0 Å². The number of ether oxygens (including phenoxy) is 1. The summed E-state index contributed by atoms with van der Waals surface area (Å²) in [5.41, 5.74) is 0.830. The fraction of sp³-hybridized carbons (Fsp3) is 0.684. The molecule has 0 spiro atoms. The Morgan fingerprint density at radius 2 is 1.75 bits per heavy atom. The fourth-order valence-corrected chi connectivity index (χ4v) is 3.88. The van der Waals surface area contributed by atoms with Crippen LogP contribution >= 0.6 is 0 Å². The molecule has 0 saturated carbocycles. The highest BCUT2D eigenvalue weighted by atomic mass is 19.1. The van der Waals surface area contributed by atoms with Gasteiger partial charge in [0.2, 0.25) is 0 Å². The van der Waals surface area contributed by atoms with Gasteiger partial charge in [-0.1, -0.05) is 12.1 Å². The van der Waals surface area contributed by atoms with Gasteiger partial charge in [0.15, 0.2) is 0 Å². The number of nitrogens with zero attached hydrogens (tertiary/aromatic N) is 2. The van der Waals surface area contributed by atoms with Crippen LogP contribution in [0, 0.1) is 11.7 Å². The summed E-state index contributed by atoms with van der Waals surface area (Å²) in [6.45, 7) is 9.19. The van der Waals surface area contributed by atoms with E-state index in [4.69, 9.17) is 4.74 Å². The summed E-state index contributed by atoms with van der Waals surface area (Å²) in [7, 11) is 0. The van der Waals surface area contributed by atoms with Crippen LogP contribution in [0.5, 0.6) is 0 Å². The molecule has 0 aromatic heterocycles. The molecule has 1 N–H and O–H groups in total. The van der Waals surface area contributed by atoms with Crippen LogP contribution in [0.3, 0.4) is 0 Å². The van der Waals surface area contributed by atoms with E-state index in [1.54, 1.807) is 12.1 Å². The van der Waals surface area contributed by atoms with E-state index in [1.807, 2.05) is 0 Å². The molecule has 3 rings (SSSR count). The van der Waals surface area contributed by atoms with Gasteiger partial charge >= 0.3 is 0 Å². The maximum Gasteiger partial charge on any atom is 0.123 e. The number of morpholine rings is 1. The van der Waals surface area contributed by atoms with E-state index in [0.29, 0.717) is 6.04 Å². The summed E-state index contributed by atoms with van der Waals surface area (Å²) < 4.78 is 18.4. The maximum absolute atomic E-state index is 13.0. The SMILES string of the molecule is CC(CN1CCOCC1)N1CCC(C(O)c2ccc(F)cc2)CC1. The largest absolute Gasteiger partial charge is 0.388 e. The molecule has 2 aliphatic rings. The lowest BCUT2D eigenvalue weighted by Gasteiger charge is -2.40. The zero-order valence-corrected chi connectivity index (χ0v) is 14.5. The third-order valence-electron chi connectivity index (χ3n) is 5.48. The predicted molar refractivity (Wildman–Crippen MR) is 92.4 cm³/mol. The molecule has 134 valence electrons. The Bertz CT molecular complexity index is 497. The molecular weight excluding hydrogens is 307 g/mol. The second-order valence-corrected chi connectivity index (χ2v) is 7.13. The predicted octanol–water partition coefficient (Wildman–Crippen LogP) is 2.29. The van der Waals surface area contributed by atoms with Crippen molar-refractivity contribution in [2.45, 2.75) is 31.9 Å². The Morgan fingerprint density at radius 3 is 2.38 bits per heavy atom. The maximum atomic E-state index is 13.0. The Labute approximate surface area is 144 Å². The number of rotatable bonds is 5. The Hall–Kier alpha value is -1.01. The number of aliphatic hydroxyl groups excluding tert-OH is 1. The number of halogens is 1. The summed E-state index contributed by atoms with van der Waals surface area (Å²) >= 11 is 0. The zero-order valence-electron chi connectivity index (χ0n) is 14.5. The van der Waals surface area contributed by atoms with Crippen molar-refractivity contribution < 1.29 is 14.2 Å². The summed E-state index contributed by atoms with van der Waals surface area (Å²) in [6.07, 6.45) is 1.50. The van der Waals surface area contributed by atoms with Crippen LogP contribution in [0.4, 0.5) is 4.39 Å². The smallest absolute Gasteiger partial charge is 0.123 e. The minimum absolute atomic E-state index is 0.252. The minimum atomic E-state index is -0.484. The molecule has 0 amide bonds. The van der Waals surface area contributed by atoms with E-state index < -0.39 is 6.10 Å². The standard InChI is InChI=1S/C19H29FN2O2/c1-15(14-21-10-12-24-13-11-21)22-8-6-17(7-9-22)19(23)16-2-4-18(20)5-3-16/h2-5,15,17,19,23H,6-14H2,1H3. The Morgan fingerprint density at radius 1 is 1.12 bits per heavy atom. The van der Waals surface area contributed by atoms with Crippen molar-refractivity contribution in [3.05, 3.63) is 35.6 Å². The average Bonchev–Trinajstić information content (AvgIpc) is 2.63. The molecular formula is C19H29FN2O2. The van der Waals surface area contributed by atoms with Gasteiger partial charge in [-0.05, 0) is 56.5 Å². The molecule has 2 atom stereocenters. The molecule has 2 fully saturated rings. The molecule has 1 aromatic carbocycles. The van der Waals surface area contributed by atoms with Gasteiger partial charge in [-0.2, -0.15) is 0 Å².